The van der Waals surface area contributed by atoms with Crippen molar-refractivity contribution in [3.8, 4) is 0 Å². The second-order valence-electron chi connectivity index (χ2n) is 6.46. The standard InChI is InChI=1S/C16H21N3O2/c1-16(6-8-18(2)9-7-16)10-19-11-17-13-5-3-4-12(14(13)19)15(20)21/h3-5,11H,6-10H2,1-2H3,(H,20,21). The van der Waals surface area contributed by atoms with Crippen LogP contribution in [0.15, 0.2) is 24.5 Å². The van der Waals surface area contributed by atoms with E-state index in [1.807, 2.05) is 10.6 Å². The van der Waals surface area contributed by atoms with Crippen LogP contribution in [0.25, 0.3) is 11.0 Å². The number of aromatic carboxylic acids is 1. The van der Waals surface area contributed by atoms with Gasteiger partial charge in [-0.05, 0) is 50.5 Å². The summed E-state index contributed by atoms with van der Waals surface area (Å²) in [5.74, 6) is -0.893. The molecule has 2 heterocycles. The predicted molar refractivity (Wildman–Crippen MR) is 81.5 cm³/mol. The van der Waals surface area contributed by atoms with Crippen LogP contribution in [0.3, 0.4) is 0 Å². The zero-order chi connectivity index (χ0) is 15.0. The maximum atomic E-state index is 11.4. The quantitative estimate of drug-likeness (QED) is 0.942. The molecule has 21 heavy (non-hydrogen) atoms. The Kier molecular flexibility index (Phi) is 3.45. The average Bonchev–Trinajstić information content (AvgIpc) is 2.85. The van der Waals surface area contributed by atoms with E-state index in [4.69, 9.17) is 0 Å². The number of piperidine rings is 1. The highest BCUT2D eigenvalue weighted by atomic mass is 16.4. The van der Waals surface area contributed by atoms with Gasteiger partial charge in [-0.25, -0.2) is 9.78 Å². The number of para-hydroxylation sites is 1. The fraction of sp³-hybridized carbons (Fsp3) is 0.500. The molecule has 1 aromatic heterocycles. The van der Waals surface area contributed by atoms with E-state index in [0.717, 1.165) is 43.5 Å². The third kappa shape index (κ3) is 2.65. The van der Waals surface area contributed by atoms with Crippen molar-refractivity contribution in [3.63, 3.8) is 0 Å². The molecule has 5 nitrogen and oxygen atoms in total. The van der Waals surface area contributed by atoms with Crippen molar-refractivity contribution in [2.75, 3.05) is 20.1 Å². The Bertz CT molecular complexity index is 669. The highest BCUT2D eigenvalue weighted by Crippen LogP contribution is 2.33. The van der Waals surface area contributed by atoms with E-state index in [2.05, 4.69) is 23.9 Å². The maximum Gasteiger partial charge on any atom is 0.337 e. The average molecular weight is 287 g/mol. The van der Waals surface area contributed by atoms with Gasteiger partial charge < -0.3 is 14.6 Å². The lowest BCUT2D eigenvalue weighted by Crippen LogP contribution is -2.38. The van der Waals surface area contributed by atoms with Gasteiger partial charge in [0.25, 0.3) is 0 Å². The van der Waals surface area contributed by atoms with Crippen molar-refractivity contribution >= 4 is 17.0 Å². The third-order valence-corrected chi connectivity index (χ3v) is 4.61. The van der Waals surface area contributed by atoms with Crippen LogP contribution in [-0.4, -0.2) is 45.7 Å². The van der Waals surface area contributed by atoms with E-state index < -0.39 is 5.97 Å². The van der Waals surface area contributed by atoms with Crippen LogP contribution >= 0.6 is 0 Å². The predicted octanol–water partition coefficient (Wildman–Crippen LogP) is 2.47. The van der Waals surface area contributed by atoms with Gasteiger partial charge in [0.1, 0.15) is 0 Å². The topological polar surface area (TPSA) is 58.4 Å². The molecule has 2 aromatic rings. The summed E-state index contributed by atoms with van der Waals surface area (Å²) >= 11 is 0. The molecule has 1 N–H and O–H groups in total. The van der Waals surface area contributed by atoms with Crippen LogP contribution in [0, 0.1) is 5.41 Å². The maximum absolute atomic E-state index is 11.4. The van der Waals surface area contributed by atoms with Gasteiger partial charge in [-0.15, -0.1) is 0 Å². The Labute approximate surface area is 124 Å². The first-order valence-corrected chi connectivity index (χ1v) is 7.34. The van der Waals surface area contributed by atoms with Crippen molar-refractivity contribution in [2.24, 2.45) is 5.41 Å². The van der Waals surface area contributed by atoms with Gasteiger partial charge in [0, 0.05) is 6.54 Å². The molecular weight excluding hydrogens is 266 g/mol. The summed E-state index contributed by atoms with van der Waals surface area (Å²) in [6.07, 6.45) is 4.03. The van der Waals surface area contributed by atoms with Crippen LogP contribution in [0.4, 0.5) is 0 Å². The lowest BCUT2D eigenvalue weighted by molar-refractivity contribution is 0.0698. The van der Waals surface area contributed by atoms with E-state index in [1.54, 1.807) is 18.5 Å². The van der Waals surface area contributed by atoms with Crippen LogP contribution in [0.1, 0.15) is 30.1 Å². The van der Waals surface area contributed by atoms with Crippen LogP contribution < -0.4 is 0 Å². The second kappa shape index (κ2) is 5.15. The zero-order valence-electron chi connectivity index (χ0n) is 12.5. The molecule has 0 amide bonds. The number of aromatic nitrogens is 2. The van der Waals surface area contributed by atoms with E-state index in [1.165, 1.54) is 0 Å². The number of carbonyl (C=O) groups is 1. The molecule has 0 unspecified atom stereocenters. The first-order chi connectivity index (χ1) is 9.98. The van der Waals surface area contributed by atoms with Crippen molar-refractivity contribution in [2.45, 2.75) is 26.3 Å². The number of benzene rings is 1. The number of likely N-dealkylation sites (tertiary alicyclic amines) is 1. The largest absolute Gasteiger partial charge is 0.478 e. The van der Waals surface area contributed by atoms with E-state index in [0.29, 0.717) is 5.56 Å². The first-order valence-electron chi connectivity index (χ1n) is 7.34. The summed E-state index contributed by atoms with van der Waals surface area (Å²) in [6.45, 7) is 5.29. The minimum Gasteiger partial charge on any atom is -0.478 e. The molecule has 0 bridgehead atoms. The minimum absolute atomic E-state index is 0.200. The highest BCUT2D eigenvalue weighted by Gasteiger charge is 2.30. The molecule has 1 saturated heterocycles. The van der Waals surface area contributed by atoms with Crippen LogP contribution in [-0.2, 0) is 6.54 Å². The summed E-state index contributed by atoms with van der Waals surface area (Å²) < 4.78 is 2.02. The fourth-order valence-corrected chi connectivity index (χ4v) is 3.15. The SMILES string of the molecule is CN1CCC(C)(Cn2cnc3cccc(C(=O)O)c32)CC1. The van der Waals surface area contributed by atoms with Crippen LogP contribution in [0.2, 0.25) is 0 Å². The molecule has 0 radical (unpaired) electrons. The summed E-state index contributed by atoms with van der Waals surface area (Å²) in [4.78, 5) is 18.1. The van der Waals surface area contributed by atoms with E-state index >= 15 is 0 Å². The van der Waals surface area contributed by atoms with E-state index in [-0.39, 0.29) is 5.41 Å². The van der Waals surface area contributed by atoms with Gasteiger partial charge in [-0.3, -0.25) is 0 Å². The molecule has 1 aliphatic rings. The molecule has 3 rings (SSSR count). The lowest BCUT2D eigenvalue weighted by Gasteiger charge is -2.38. The van der Waals surface area contributed by atoms with Gasteiger partial charge in [-0.2, -0.15) is 0 Å². The number of imidazole rings is 1. The molecule has 0 aliphatic carbocycles. The Balaban J connectivity index is 1.96. The van der Waals surface area contributed by atoms with Gasteiger partial charge in [0.15, 0.2) is 0 Å². The second-order valence-corrected chi connectivity index (χ2v) is 6.46. The molecule has 1 aliphatic heterocycles. The monoisotopic (exact) mass is 287 g/mol. The summed E-state index contributed by atoms with van der Waals surface area (Å²) in [6, 6.07) is 5.27. The van der Waals surface area contributed by atoms with Crippen molar-refractivity contribution in [1.82, 2.24) is 14.5 Å². The van der Waals surface area contributed by atoms with Crippen LogP contribution in [0.5, 0.6) is 0 Å². The molecule has 1 fully saturated rings. The number of carboxylic acids is 1. The zero-order valence-corrected chi connectivity index (χ0v) is 12.5. The summed E-state index contributed by atoms with van der Waals surface area (Å²) in [5, 5.41) is 9.38. The number of rotatable bonds is 3. The summed E-state index contributed by atoms with van der Waals surface area (Å²) in [5.41, 5.74) is 2.03. The molecular formula is C16H21N3O2. The van der Waals surface area contributed by atoms with Crippen molar-refractivity contribution in [1.29, 1.82) is 0 Å². The number of fused-ring (bicyclic) bond motifs is 1. The highest BCUT2D eigenvalue weighted by molar-refractivity contribution is 6.01. The Morgan fingerprint density at radius 2 is 2.10 bits per heavy atom. The number of nitrogens with zero attached hydrogens (tertiary/aromatic N) is 3. The number of carboxylic acid groups (broad SMARTS) is 1. The molecule has 0 saturated carbocycles. The van der Waals surface area contributed by atoms with Gasteiger partial charge >= 0.3 is 5.97 Å². The first kappa shape index (κ1) is 14.1. The summed E-state index contributed by atoms with van der Waals surface area (Å²) in [7, 11) is 2.15. The van der Waals surface area contributed by atoms with Gasteiger partial charge in [0.05, 0.1) is 22.9 Å². The number of hydrogen-bond acceptors (Lipinski definition) is 3. The number of hydrogen-bond donors (Lipinski definition) is 1. The minimum atomic E-state index is -0.893. The smallest absolute Gasteiger partial charge is 0.337 e. The van der Waals surface area contributed by atoms with Gasteiger partial charge in [0.2, 0.25) is 0 Å². The molecule has 112 valence electrons. The van der Waals surface area contributed by atoms with Crippen molar-refractivity contribution in [3.05, 3.63) is 30.1 Å². The molecule has 0 spiro atoms. The normalized spacial score (nSPS) is 19.0. The molecule has 1 aromatic carbocycles. The Hall–Kier alpha value is -1.88. The lowest BCUT2D eigenvalue weighted by atomic mass is 9.80. The van der Waals surface area contributed by atoms with Gasteiger partial charge in [-0.1, -0.05) is 13.0 Å². The molecule has 0 atom stereocenters. The molecule has 5 heteroatoms. The Morgan fingerprint density at radius 3 is 2.76 bits per heavy atom. The Morgan fingerprint density at radius 1 is 1.38 bits per heavy atom. The van der Waals surface area contributed by atoms with Crippen molar-refractivity contribution < 1.29 is 9.90 Å². The third-order valence-electron chi connectivity index (χ3n) is 4.61. The van der Waals surface area contributed by atoms with E-state index in [9.17, 15) is 9.90 Å². The fourth-order valence-electron chi connectivity index (χ4n) is 3.15.